The molecular formula is C12H18N2O5S2. The summed E-state index contributed by atoms with van der Waals surface area (Å²) in [6.45, 7) is 1.08. The van der Waals surface area contributed by atoms with E-state index in [-0.39, 0.29) is 4.90 Å². The van der Waals surface area contributed by atoms with Gasteiger partial charge in [0.1, 0.15) is 5.75 Å². The maximum atomic E-state index is 12.1. The Bertz CT molecular complexity index is 754. The highest BCUT2D eigenvalue weighted by molar-refractivity contribution is 7.92. The molecule has 1 aromatic rings. The zero-order valence-electron chi connectivity index (χ0n) is 12.2. The molecule has 0 atom stereocenters. The topological polar surface area (TPSA) is 102 Å². The maximum Gasteiger partial charge on any atom is 0.268 e. The van der Waals surface area contributed by atoms with Crippen molar-refractivity contribution in [3.63, 3.8) is 0 Å². The van der Waals surface area contributed by atoms with Gasteiger partial charge in [-0.05, 0) is 30.7 Å². The van der Waals surface area contributed by atoms with Gasteiger partial charge in [0.15, 0.2) is 0 Å². The summed E-state index contributed by atoms with van der Waals surface area (Å²) in [4.78, 5) is 11.5. The molecule has 0 aliphatic carbocycles. The highest BCUT2D eigenvalue weighted by Gasteiger charge is 2.18. The van der Waals surface area contributed by atoms with E-state index in [0.717, 1.165) is 0 Å². The minimum absolute atomic E-state index is 0.0461. The number of hydrogen-bond donors (Lipinski definition) is 1. The number of hydrogen-bond acceptors (Lipinski definition) is 5. The Morgan fingerprint density at radius 2 is 1.90 bits per heavy atom. The van der Waals surface area contributed by atoms with E-state index in [2.05, 4.69) is 9.08 Å². The summed E-state index contributed by atoms with van der Waals surface area (Å²) in [6.07, 6.45) is 2.60. The summed E-state index contributed by atoms with van der Waals surface area (Å²) in [5, 5.41) is 0. The number of carbonyl (C=O) groups is 1. The molecule has 1 rings (SSSR count). The third kappa shape index (κ3) is 5.44. The first-order valence-electron chi connectivity index (χ1n) is 5.89. The van der Waals surface area contributed by atoms with Gasteiger partial charge in [0.05, 0.1) is 18.6 Å². The van der Waals surface area contributed by atoms with Crippen LogP contribution in [0, 0.1) is 6.92 Å². The van der Waals surface area contributed by atoms with Crippen molar-refractivity contribution < 1.29 is 22.2 Å². The van der Waals surface area contributed by atoms with Crippen molar-refractivity contribution in [2.45, 2.75) is 11.8 Å². The number of aryl methyl sites for hydroxylation is 1. The van der Waals surface area contributed by atoms with Crippen molar-refractivity contribution in [2.24, 2.45) is 4.36 Å². The summed E-state index contributed by atoms with van der Waals surface area (Å²) in [5.74, 6) is -0.242. The number of nitrogens with zero attached hydrogens (tertiary/aromatic N) is 1. The second-order valence-electron chi connectivity index (χ2n) is 4.62. The Balaban J connectivity index is 2.93. The summed E-state index contributed by atoms with van der Waals surface area (Å²) in [7, 11) is -4.96. The standard InChI is InChI=1S/C12H18N2O5S2/c1-9-7-10(19-2)5-6-11(9)21(17,18)13-8-12(15)14-20(3,4)16/h5-7,13H,8H2,1-4H3. The maximum absolute atomic E-state index is 12.1. The smallest absolute Gasteiger partial charge is 0.268 e. The van der Waals surface area contributed by atoms with E-state index in [1.54, 1.807) is 13.0 Å². The van der Waals surface area contributed by atoms with Crippen molar-refractivity contribution >= 4 is 25.7 Å². The summed E-state index contributed by atoms with van der Waals surface area (Å²) in [6, 6.07) is 4.48. The second kappa shape index (κ2) is 6.54. The monoisotopic (exact) mass is 334 g/mol. The zero-order chi connectivity index (χ0) is 16.3. The molecule has 1 amide bonds. The van der Waals surface area contributed by atoms with Gasteiger partial charge < -0.3 is 4.74 Å². The van der Waals surface area contributed by atoms with Crippen LogP contribution in [0.3, 0.4) is 0 Å². The number of carbonyl (C=O) groups excluding carboxylic acids is 1. The summed E-state index contributed by atoms with van der Waals surface area (Å²) < 4.78 is 46.1. The molecule has 9 heteroatoms. The third-order valence-corrected chi connectivity index (χ3v) is 4.61. The molecule has 0 bridgehead atoms. The van der Waals surface area contributed by atoms with Crippen molar-refractivity contribution in [1.29, 1.82) is 0 Å². The van der Waals surface area contributed by atoms with Crippen LogP contribution in [0.5, 0.6) is 5.75 Å². The lowest BCUT2D eigenvalue weighted by molar-refractivity contribution is -0.116. The van der Waals surface area contributed by atoms with E-state index in [1.807, 2.05) is 0 Å². The molecule has 1 N–H and O–H groups in total. The van der Waals surface area contributed by atoms with Crippen molar-refractivity contribution in [1.82, 2.24) is 4.72 Å². The highest BCUT2D eigenvalue weighted by atomic mass is 32.2. The van der Waals surface area contributed by atoms with Gasteiger partial charge in [-0.2, -0.15) is 4.36 Å². The first-order valence-corrected chi connectivity index (χ1v) is 9.71. The molecule has 21 heavy (non-hydrogen) atoms. The fourth-order valence-electron chi connectivity index (χ4n) is 1.56. The largest absolute Gasteiger partial charge is 0.497 e. The number of methoxy groups -OCH3 is 1. The first kappa shape index (κ1) is 17.6. The van der Waals surface area contributed by atoms with Crippen LogP contribution < -0.4 is 9.46 Å². The zero-order valence-corrected chi connectivity index (χ0v) is 13.9. The molecule has 0 unspecified atom stereocenters. The van der Waals surface area contributed by atoms with Crippen LogP contribution >= 0.6 is 0 Å². The number of ether oxygens (including phenoxy) is 1. The average Bonchev–Trinajstić information content (AvgIpc) is 2.34. The Labute approximate surface area is 124 Å². The number of nitrogens with one attached hydrogen (secondary N) is 1. The van der Waals surface area contributed by atoms with E-state index < -0.39 is 32.2 Å². The number of amides is 1. The molecular weight excluding hydrogens is 316 g/mol. The molecule has 0 aliphatic heterocycles. The fourth-order valence-corrected chi connectivity index (χ4v) is 3.32. The predicted octanol–water partition coefficient (Wildman–Crippen LogP) is 0.536. The van der Waals surface area contributed by atoms with Gasteiger partial charge in [0, 0.05) is 22.2 Å². The van der Waals surface area contributed by atoms with Gasteiger partial charge in [0.2, 0.25) is 10.0 Å². The summed E-state index contributed by atoms with van der Waals surface area (Å²) in [5.41, 5.74) is 0.487. The van der Waals surface area contributed by atoms with Gasteiger partial charge in [-0.15, -0.1) is 0 Å². The average molecular weight is 334 g/mol. The Morgan fingerprint density at radius 3 is 2.38 bits per heavy atom. The number of rotatable bonds is 5. The van der Waals surface area contributed by atoms with Crippen LogP contribution in [0.4, 0.5) is 0 Å². The van der Waals surface area contributed by atoms with Crippen LogP contribution in [0.2, 0.25) is 0 Å². The van der Waals surface area contributed by atoms with Crippen LogP contribution in [-0.4, -0.2) is 44.7 Å². The normalized spacial score (nSPS) is 12.0. The molecule has 0 fully saturated rings. The van der Waals surface area contributed by atoms with E-state index in [0.29, 0.717) is 11.3 Å². The lowest BCUT2D eigenvalue weighted by Crippen LogP contribution is -2.29. The molecule has 0 aliphatic rings. The molecule has 0 heterocycles. The van der Waals surface area contributed by atoms with Gasteiger partial charge in [0.25, 0.3) is 5.91 Å². The molecule has 0 saturated heterocycles. The molecule has 1 aromatic carbocycles. The second-order valence-corrected chi connectivity index (χ2v) is 8.90. The molecule has 0 aromatic heterocycles. The van der Waals surface area contributed by atoms with Crippen molar-refractivity contribution in [2.75, 3.05) is 26.2 Å². The number of benzene rings is 1. The van der Waals surface area contributed by atoms with Crippen LogP contribution in [0.1, 0.15) is 5.56 Å². The fraction of sp³-hybridized carbons (Fsp3) is 0.417. The first-order chi connectivity index (χ1) is 9.55. The van der Waals surface area contributed by atoms with Crippen LogP contribution in [0.25, 0.3) is 0 Å². The third-order valence-electron chi connectivity index (χ3n) is 2.41. The number of sulfonamides is 1. The SMILES string of the molecule is COc1ccc(S(=O)(=O)NCC(=O)N=S(C)(C)=O)c(C)c1. The van der Waals surface area contributed by atoms with Gasteiger partial charge in [-0.1, -0.05) is 0 Å². The molecule has 0 radical (unpaired) electrons. The summed E-state index contributed by atoms with van der Waals surface area (Å²) >= 11 is 0. The van der Waals surface area contributed by atoms with Crippen molar-refractivity contribution in [3.05, 3.63) is 23.8 Å². The predicted molar refractivity (Wildman–Crippen MR) is 80.3 cm³/mol. The van der Waals surface area contributed by atoms with Crippen LogP contribution in [-0.2, 0) is 24.5 Å². The Kier molecular flexibility index (Phi) is 5.48. The van der Waals surface area contributed by atoms with E-state index in [4.69, 9.17) is 4.74 Å². The van der Waals surface area contributed by atoms with E-state index >= 15 is 0 Å². The molecule has 0 saturated carbocycles. The lowest BCUT2D eigenvalue weighted by atomic mass is 10.2. The molecule has 7 nitrogen and oxygen atoms in total. The van der Waals surface area contributed by atoms with Gasteiger partial charge >= 0.3 is 0 Å². The Morgan fingerprint density at radius 1 is 1.29 bits per heavy atom. The lowest BCUT2D eigenvalue weighted by Gasteiger charge is -2.09. The van der Waals surface area contributed by atoms with E-state index in [1.165, 1.54) is 31.8 Å². The van der Waals surface area contributed by atoms with E-state index in [9.17, 15) is 17.4 Å². The quantitative estimate of drug-likeness (QED) is 0.846. The Hall–Kier alpha value is -1.45. The van der Waals surface area contributed by atoms with Crippen molar-refractivity contribution in [3.8, 4) is 5.75 Å². The van der Waals surface area contributed by atoms with Gasteiger partial charge in [-0.25, -0.2) is 17.3 Å². The molecule has 0 spiro atoms. The van der Waals surface area contributed by atoms with Gasteiger partial charge in [-0.3, -0.25) is 4.79 Å². The van der Waals surface area contributed by atoms with Crippen LogP contribution in [0.15, 0.2) is 27.5 Å². The minimum atomic E-state index is -3.85. The molecule has 118 valence electrons. The highest BCUT2D eigenvalue weighted by Crippen LogP contribution is 2.20. The minimum Gasteiger partial charge on any atom is -0.497 e.